The molecule has 1 atom stereocenters. The Kier molecular flexibility index (Phi) is 5.63. The molecule has 32 heavy (non-hydrogen) atoms. The van der Waals surface area contributed by atoms with Crippen LogP contribution in [0.25, 0.3) is 10.9 Å². The average Bonchev–Trinajstić information content (AvgIpc) is 3.08. The van der Waals surface area contributed by atoms with Crippen LogP contribution in [-0.4, -0.2) is 50.3 Å². The minimum atomic E-state index is -0.377. The first kappa shape index (κ1) is 21.7. The van der Waals surface area contributed by atoms with Crippen LogP contribution in [-0.2, 0) is 21.4 Å². The van der Waals surface area contributed by atoms with Crippen LogP contribution >= 0.6 is 22.6 Å². The molecule has 8 nitrogen and oxygen atoms in total. The predicted octanol–water partition coefficient (Wildman–Crippen LogP) is 3.58. The van der Waals surface area contributed by atoms with Gasteiger partial charge in [0.2, 0.25) is 11.8 Å². The summed E-state index contributed by atoms with van der Waals surface area (Å²) in [4.78, 5) is 37.6. The summed E-state index contributed by atoms with van der Waals surface area (Å²) in [6.07, 6.45) is 5.02. The van der Waals surface area contributed by atoms with Gasteiger partial charge in [-0.3, -0.25) is 19.6 Å². The van der Waals surface area contributed by atoms with Crippen molar-refractivity contribution in [3.8, 4) is 0 Å². The lowest BCUT2D eigenvalue weighted by atomic mass is 9.56. The lowest BCUT2D eigenvalue weighted by Gasteiger charge is -2.52. The van der Waals surface area contributed by atoms with Crippen molar-refractivity contribution < 1.29 is 19.1 Å². The van der Waals surface area contributed by atoms with Crippen molar-refractivity contribution in [2.24, 2.45) is 12.5 Å². The lowest BCUT2D eigenvalue weighted by molar-refractivity contribution is -0.134. The summed E-state index contributed by atoms with van der Waals surface area (Å²) in [5, 5.41) is 8.08. The number of carbonyl (C=O) groups excluding carboxylic acids is 3. The second-order valence-corrected chi connectivity index (χ2v) is 10.0. The van der Waals surface area contributed by atoms with Crippen LogP contribution in [0.1, 0.15) is 61.6 Å². The first-order chi connectivity index (χ1) is 15.4. The van der Waals surface area contributed by atoms with E-state index in [0.717, 1.165) is 55.4 Å². The zero-order chi connectivity index (χ0) is 22.5. The smallest absolute Gasteiger partial charge is 0.410 e. The van der Waals surface area contributed by atoms with E-state index in [9.17, 15) is 14.4 Å². The summed E-state index contributed by atoms with van der Waals surface area (Å²) in [7, 11) is 1.91. The minimum absolute atomic E-state index is 0.196. The molecule has 1 spiro atoms. The summed E-state index contributed by atoms with van der Waals surface area (Å²) in [5.74, 6) is -0.320. The molecule has 1 aliphatic carbocycles. The minimum Gasteiger partial charge on any atom is -0.439 e. The fourth-order valence-corrected chi connectivity index (χ4v) is 5.97. The molecular weight excluding hydrogens is 523 g/mol. The topological polar surface area (TPSA) is 93.5 Å². The van der Waals surface area contributed by atoms with E-state index in [2.05, 4.69) is 28.6 Å². The van der Waals surface area contributed by atoms with Crippen LogP contribution in [0.2, 0.25) is 0 Å². The van der Waals surface area contributed by atoms with Crippen LogP contribution in [0.15, 0.2) is 18.2 Å². The molecule has 0 radical (unpaired) electrons. The van der Waals surface area contributed by atoms with Gasteiger partial charge < -0.3 is 9.64 Å². The van der Waals surface area contributed by atoms with E-state index in [1.165, 1.54) is 5.56 Å². The predicted molar refractivity (Wildman–Crippen MR) is 126 cm³/mol. The van der Waals surface area contributed by atoms with Gasteiger partial charge in [-0.05, 0) is 77.7 Å². The zero-order valence-corrected chi connectivity index (χ0v) is 20.3. The number of carbonyl (C=O) groups is 3. The standard InChI is InChI=1S/C23H27IN4O4/c1-27-18-10-14(2-3-16(18)20(26-27)17-4-5-19(29)25-21(17)30)15-11-23(12-15)6-8-28(9-7-23)22(31)32-13-24/h2-3,10,15,17H,4-9,11-13H2,1H3,(H,25,29,30). The Hall–Kier alpha value is -2.17. The molecule has 1 unspecified atom stereocenters. The number of rotatable bonds is 3. The Morgan fingerprint density at radius 3 is 2.72 bits per heavy atom. The van der Waals surface area contributed by atoms with Crippen LogP contribution in [0.4, 0.5) is 4.79 Å². The SMILES string of the molecule is Cn1nc(C2CCC(=O)NC2=O)c2ccc(C3CC4(CCN(C(=O)OCI)CC4)C3)cc21. The maximum Gasteiger partial charge on any atom is 0.410 e. The molecule has 9 heteroatoms. The van der Waals surface area contributed by atoms with E-state index < -0.39 is 0 Å². The number of piperidine rings is 2. The lowest BCUT2D eigenvalue weighted by Crippen LogP contribution is -2.48. The van der Waals surface area contributed by atoms with Gasteiger partial charge in [0.15, 0.2) is 0 Å². The quantitative estimate of drug-likeness (QED) is 0.359. The summed E-state index contributed by atoms with van der Waals surface area (Å²) < 4.78 is 7.37. The van der Waals surface area contributed by atoms with Gasteiger partial charge in [0, 0.05) is 31.9 Å². The van der Waals surface area contributed by atoms with Gasteiger partial charge in [-0.25, -0.2) is 4.79 Å². The number of amides is 3. The summed E-state index contributed by atoms with van der Waals surface area (Å²) in [5.41, 5.74) is 3.44. The normalized spacial score (nSPS) is 23.3. The maximum atomic E-state index is 12.3. The van der Waals surface area contributed by atoms with Gasteiger partial charge in [-0.2, -0.15) is 5.10 Å². The Labute approximate surface area is 200 Å². The number of aryl methyl sites for hydroxylation is 1. The molecule has 1 N–H and O–H groups in total. The molecule has 0 bridgehead atoms. The molecule has 3 amide bonds. The highest BCUT2D eigenvalue weighted by molar-refractivity contribution is 14.1. The van der Waals surface area contributed by atoms with E-state index >= 15 is 0 Å². The van der Waals surface area contributed by atoms with Crippen LogP contribution in [0, 0.1) is 5.41 Å². The molecule has 1 aromatic carbocycles. The number of halogens is 1. The van der Waals surface area contributed by atoms with Crippen molar-refractivity contribution in [3.63, 3.8) is 0 Å². The molecule has 2 aromatic rings. The Balaban J connectivity index is 1.28. The highest BCUT2D eigenvalue weighted by atomic mass is 127. The van der Waals surface area contributed by atoms with Gasteiger partial charge in [0.05, 0.1) is 17.1 Å². The summed E-state index contributed by atoms with van der Waals surface area (Å²) in [6, 6.07) is 6.47. The third kappa shape index (κ3) is 3.78. The molecule has 1 saturated carbocycles. The second-order valence-electron chi connectivity index (χ2n) is 9.40. The van der Waals surface area contributed by atoms with Crippen molar-refractivity contribution in [1.29, 1.82) is 0 Å². The van der Waals surface area contributed by atoms with Crippen LogP contribution in [0.3, 0.4) is 0 Å². The molecular formula is C23H27IN4O4. The van der Waals surface area contributed by atoms with Crippen LogP contribution < -0.4 is 5.32 Å². The molecule has 3 fully saturated rings. The van der Waals surface area contributed by atoms with Crippen molar-refractivity contribution in [2.75, 3.05) is 17.7 Å². The van der Waals surface area contributed by atoms with E-state index in [1.54, 1.807) is 0 Å². The van der Waals surface area contributed by atoms with E-state index in [-0.39, 0.29) is 23.8 Å². The molecule has 3 heterocycles. The maximum absolute atomic E-state index is 12.3. The number of hydrogen-bond donors (Lipinski definition) is 1. The third-order valence-electron chi connectivity index (χ3n) is 7.56. The zero-order valence-electron chi connectivity index (χ0n) is 18.1. The van der Waals surface area contributed by atoms with E-state index in [4.69, 9.17) is 4.74 Å². The van der Waals surface area contributed by atoms with Crippen molar-refractivity contribution in [1.82, 2.24) is 20.0 Å². The molecule has 3 aliphatic rings. The number of likely N-dealkylation sites (tertiary alicyclic amines) is 1. The number of hydrogen-bond acceptors (Lipinski definition) is 5. The van der Waals surface area contributed by atoms with Gasteiger partial charge in [0.1, 0.15) is 4.61 Å². The number of ether oxygens (including phenoxy) is 1. The van der Waals surface area contributed by atoms with Crippen molar-refractivity contribution in [3.05, 3.63) is 29.5 Å². The van der Waals surface area contributed by atoms with Gasteiger partial charge >= 0.3 is 6.09 Å². The van der Waals surface area contributed by atoms with Gasteiger partial charge in [-0.1, -0.05) is 12.1 Å². The fourth-order valence-electron chi connectivity index (χ4n) is 5.70. The number of imide groups is 1. The number of benzene rings is 1. The monoisotopic (exact) mass is 550 g/mol. The Morgan fingerprint density at radius 2 is 2.03 bits per heavy atom. The molecule has 5 rings (SSSR count). The second kappa shape index (κ2) is 8.31. The summed E-state index contributed by atoms with van der Waals surface area (Å²) in [6.45, 7) is 1.55. The highest BCUT2D eigenvalue weighted by Gasteiger charge is 2.47. The largest absolute Gasteiger partial charge is 0.439 e. The number of nitrogens with one attached hydrogen (secondary N) is 1. The van der Waals surface area contributed by atoms with E-state index in [0.29, 0.717) is 28.8 Å². The van der Waals surface area contributed by atoms with Crippen LogP contribution in [0.5, 0.6) is 0 Å². The molecule has 170 valence electrons. The average molecular weight is 550 g/mol. The van der Waals surface area contributed by atoms with Gasteiger partial charge in [-0.15, -0.1) is 0 Å². The number of alkyl halides is 1. The van der Waals surface area contributed by atoms with E-state index in [1.807, 2.05) is 39.2 Å². The first-order valence-electron chi connectivity index (χ1n) is 11.2. The van der Waals surface area contributed by atoms with Crippen molar-refractivity contribution in [2.45, 2.75) is 50.4 Å². The highest BCUT2D eigenvalue weighted by Crippen LogP contribution is 2.57. The Morgan fingerprint density at radius 1 is 1.28 bits per heavy atom. The fraction of sp³-hybridized carbons (Fsp3) is 0.565. The number of fused-ring (bicyclic) bond motifs is 1. The number of nitrogens with zero attached hydrogens (tertiary/aromatic N) is 3. The molecule has 2 aliphatic heterocycles. The number of aromatic nitrogens is 2. The molecule has 1 aromatic heterocycles. The van der Waals surface area contributed by atoms with Gasteiger partial charge in [0.25, 0.3) is 0 Å². The summed E-state index contributed by atoms with van der Waals surface area (Å²) >= 11 is 2.05. The third-order valence-corrected chi connectivity index (χ3v) is 7.88. The first-order valence-corrected chi connectivity index (χ1v) is 12.7. The van der Waals surface area contributed by atoms with Crippen molar-refractivity contribution >= 4 is 51.4 Å². The Bertz CT molecular complexity index is 1080. The molecule has 2 saturated heterocycles.